The van der Waals surface area contributed by atoms with E-state index in [1.165, 1.54) is 39.9 Å². The maximum Gasteiger partial charge on any atom is 0.260 e. The van der Waals surface area contributed by atoms with E-state index in [4.69, 9.17) is 9.15 Å². The predicted octanol–water partition coefficient (Wildman–Crippen LogP) is 4.54. The van der Waals surface area contributed by atoms with E-state index >= 15 is 0 Å². The Morgan fingerprint density at radius 3 is 2.60 bits per heavy atom. The molecule has 1 aliphatic heterocycles. The standard InChI is InChI=1S/C25H25N3O5S2/c1-27(16-19-6-4-14-32-19)35(30,31)21-12-10-18(11-13-21)24(29)28(17-20-7-5-15-33-20)25-26-22-8-2-3-9-23(22)34-25/h2-3,5,7-13,15,19H,4,6,14,16-17H2,1H3. The second-order valence-corrected chi connectivity index (χ2v) is 11.4. The van der Waals surface area contributed by atoms with Gasteiger partial charge in [0.1, 0.15) is 5.76 Å². The van der Waals surface area contributed by atoms with Crippen LogP contribution in [0.2, 0.25) is 0 Å². The lowest BCUT2D eigenvalue weighted by Crippen LogP contribution is -2.34. The van der Waals surface area contributed by atoms with E-state index in [9.17, 15) is 13.2 Å². The number of furan rings is 1. The largest absolute Gasteiger partial charge is 0.467 e. The Labute approximate surface area is 207 Å². The third-order valence-corrected chi connectivity index (χ3v) is 8.84. The minimum absolute atomic E-state index is 0.0837. The SMILES string of the molecule is CN(CC1CCCO1)S(=O)(=O)c1ccc(C(=O)N(Cc2ccco2)c2nc3ccccc3s2)cc1. The Bertz CT molecular complexity index is 1380. The van der Waals surface area contributed by atoms with Gasteiger partial charge in [-0.05, 0) is 61.4 Å². The molecule has 1 saturated heterocycles. The van der Waals surface area contributed by atoms with Crippen molar-refractivity contribution < 1.29 is 22.4 Å². The summed E-state index contributed by atoms with van der Waals surface area (Å²) < 4.78 is 39.4. The second kappa shape index (κ2) is 9.90. The van der Waals surface area contributed by atoms with Gasteiger partial charge in [0.05, 0.1) is 34.0 Å². The molecule has 182 valence electrons. The molecule has 0 N–H and O–H groups in total. The highest BCUT2D eigenvalue weighted by molar-refractivity contribution is 7.89. The van der Waals surface area contributed by atoms with E-state index in [2.05, 4.69) is 4.98 Å². The number of fused-ring (bicyclic) bond motifs is 1. The third kappa shape index (κ3) is 5.01. The van der Waals surface area contributed by atoms with Crippen LogP contribution < -0.4 is 4.90 Å². The Kier molecular flexibility index (Phi) is 6.70. The molecule has 0 saturated carbocycles. The molecular weight excluding hydrogens is 486 g/mol. The van der Waals surface area contributed by atoms with Gasteiger partial charge >= 0.3 is 0 Å². The lowest BCUT2D eigenvalue weighted by molar-refractivity contribution is 0.0978. The second-order valence-electron chi connectivity index (χ2n) is 8.38. The molecule has 0 radical (unpaired) electrons. The van der Waals surface area contributed by atoms with Gasteiger partial charge in [0, 0.05) is 25.8 Å². The van der Waals surface area contributed by atoms with Crippen molar-refractivity contribution in [3.8, 4) is 0 Å². The van der Waals surface area contributed by atoms with Crippen LogP contribution in [-0.4, -0.2) is 49.9 Å². The van der Waals surface area contributed by atoms with Gasteiger partial charge in [0.25, 0.3) is 5.91 Å². The fraction of sp³-hybridized carbons (Fsp3) is 0.280. The summed E-state index contributed by atoms with van der Waals surface area (Å²) in [6, 6.07) is 17.3. The van der Waals surface area contributed by atoms with Crippen molar-refractivity contribution in [2.45, 2.75) is 30.4 Å². The number of benzene rings is 2. The number of para-hydroxylation sites is 1. The van der Waals surface area contributed by atoms with Crippen molar-refractivity contribution in [3.05, 3.63) is 78.3 Å². The molecule has 5 rings (SSSR count). The molecule has 10 heteroatoms. The fourth-order valence-corrected chi connectivity index (χ4v) is 6.20. The Morgan fingerprint density at radius 2 is 1.91 bits per heavy atom. The number of hydrogen-bond acceptors (Lipinski definition) is 7. The summed E-state index contributed by atoms with van der Waals surface area (Å²) >= 11 is 1.41. The van der Waals surface area contributed by atoms with Gasteiger partial charge in [-0.1, -0.05) is 23.5 Å². The molecule has 1 amide bonds. The molecular formula is C25H25N3O5S2. The Morgan fingerprint density at radius 1 is 1.11 bits per heavy atom. The molecule has 0 aliphatic carbocycles. The number of anilines is 1. The van der Waals surface area contributed by atoms with E-state index < -0.39 is 10.0 Å². The number of likely N-dealkylation sites (N-methyl/N-ethyl adjacent to an activating group) is 1. The average Bonchev–Trinajstić information content (AvgIpc) is 3.64. The van der Waals surface area contributed by atoms with Gasteiger partial charge in [0.15, 0.2) is 5.13 Å². The zero-order valence-corrected chi connectivity index (χ0v) is 20.8. The van der Waals surface area contributed by atoms with E-state index in [1.54, 1.807) is 30.3 Å². The molecule has 0 bridgehead atoms. The highest BCUT2D eigenvalue weighted by Gasteiger charge is 2.27. The number of thiazole rings is 1. The topological polar surface area (TPSA) is 93.0 Å². The summed E-state index contributed by atoms with van der Waals surface area (Å²) in [6.45, 7) is 1.17. The maximum absolute atomic E-state index is 13.5. The van der Waals surface area contributed by atoms with Crippen molar-refractivity contribution in [2.24, 2.45) is 0 Å². The molecule has 1 aliphatic rings. The minimum Gasteiger partial charge on any atom is -0.467 e. The highest BCUT2D eigenvalue weighted by Crippen LogP contribution is 2.31. The van der Waals surface area contributed by atoms with Gasteiger partial charge in [0.2, 0.25) is 10.0 Å². The fourth-order valence-electron chi connectivity index (χ4n) is 4.04. The van der Waals surface area contributed by atoms with Crippen molar-refractivity contribution >= 4 is 42.6 Å². The summed E-state index contributed by atoms with van der Waals surface area (Å²) in [6.07, 6.45) is 3.27. The average molecular weight is 512 g/mol. The number of carbonyl (C=O) groups is 1. The first-order valence-electron chi connectivity index (χ1n) is 11.3. The van der Waals surface area contributed by atoms with Crippen molar-refractivity contribution in [1.82, 2.24) is 9.29 Å². The van der Waals surface area contributed by atoms with E-state index in [1.807, 2.05) is 24.3 Å². The first-order valence-corrected chi connectivity index (χ1v) is 13.6. The van der Waals surface area contributed by atoms with Crippen LogP contribution in [0.25, 0.3) is 10.2 Å². The van der Waals surface area contributed by atoms with Crippen LogP contribution in [0.3, 0.4) is 0 Å². The number of sulfonamides is 1. The van der Waals surface area contributed by atoms with Crippen LogP contribution in [0.4, 0.5) is 5.13 Å². The highest BCUT2D eigenvalue weighted by atomic mass is 32.2. The molecule has 4 aromatic rings. The molecule has 1 unspecified atom stereocenters. The molecule has 3 heterocycles. The lowest BCUT2D eigenvalue weighted by Gasteiger charge is -2.21. The van der Waals surface area contributed by atoms with Gasteiger partial charge < -0.3 is 9.15 Å². The van der Waals surface area contributed by atoms with E-state index in [0.29, 0.717) is 29.6 Å². The number of rotatable bonds is 8. The Balaban J connectivity index is 1.40. The molecule has 0 spiro atoms. The van der Waals surface area contributed by atoms with Gasteiger partial charge in [-0.3, -0.25) is 9.69 Å². The molecule has 1 fully saturated rings. The summed E-state index contributed by atoms with van der Waals surface area (Å²) in [4.78, 5) is 19.9. The number of hydrogen-bond donors (Lipinski definition) is 0. The van der Waals surface area contributed by atoms with Crippen LogP contribution in [0.1, 0.15) is 29.0 Å². The van der Waals surface area contributed by atoms with Crippen LogP contribution in [-0.2, 0) is 21.3 Å². The maximum atomic E-state index is 13.5. The molecule has 1 atom stereocenters. The number of carbonyl (C=O) groups excluding carboxylic acids is 1. The number of ether oxygens (including phenoxy) is 1. The molecule has 2 aromatic heterocycles. The van der Waals surface area contributed by atoms with E-state index in [0.717, 1.165) is 23.1 Å². The summed E-state index contributed by atoms with van der Waals surface area (Å²) in [7, 11) is -2.15. The zero-order valence-electron chi connectivity index (χ0n) is 19.2. The minimum atomic E-state index is -3.70. The van der Waals surface area contributed by atoms with E-state index in [-0.39, 0.29) is 23.5 Å². The normalized spacial score (nSPS) is 16.2. The van der Waals surface area contributed by atoms with Gasteiger partial charge in [-0.15, -0.1) is 0 Å². The lowest BCUT2D eigenvalue weighted by atomic mass is 10.2. The third-order valence-electron chi connectivity index (χ3n) is 5.95. The predicted molar refractivity (Wildman–Crippen MR) is 134 cm³/mol. The quantitative estimate of drug-likeness (QED) is 0.345. The summed E-state index contributed by atoms with van der Waals surface area (Å²) in [5, 5.41) is 0.542. The summed E-state index contributed by atoms with van der Waals surface area (Å²) in [5.74, 6) is 0.324. The van der Waals surface area contributed by atoms with Crippen molar-refractivity contribution in [2.75, 3.05) is 25.1 Å². The van der Waals surface area contributed by atoms with Crippen LogP contribution >= 0.6 is 11.3 Å². The summed E-state index contributed by atoms with van der Waals surface area (Å²) in [5.41, 5.74) is 1.16. The van der Waals surface area contributed by atoms with Crippen LogP contribution in [0, 0.1) is 0 Å². The smallest absolute Gasteiger partial charge is 0.260 e. The Hall–Kier alpha value is -3.05. The first kappa shape index (κ1) is 23.7. The molecule has 2 aromatic carbocycles. The van der Waals surface area contributed by atoms with Crippen LogP contribution in [0.5, 0.6) is 0 Å². The van der Waals surface area contributed by atoms with Gasteiger partial charge in [-0.25, -0.2) is 13.4 Å². The van der Waals surface area contributed by atoms with Crippen LogP contribution in [0.15, 0.2) is 76.2 Å². The first-order chi connectivity index (χ1) is 16.9. The molecule has 8 nitrogen and oxygen atoms in total. The van der Waals surface area contributed by atoms with Gasteiger partial charge in [-0.2, -0.15) is 4.31 Å². The van der Waals surface area contributed by atoms with Crippen molar-refractivity contribution in [1.29, 1.82) is 0 Å². The number of nitrogens with zero attached hydrogens (tertiary/aromatic N) is 3. The zero-order chi connectivity index (χ0) is 24.4. The molecule has 35 heavy (non-hydrogen) atoms. The number of aromatic nitrogens is 1. The monoisotopic (exact) mass is 511 g/mol. The van der Waals surface area contributed by atoms with Crippen molar-refractivity contribution in [3.63, 3.8) is 0 Å². The number of amides is 1.